The Hall–Kier alpha value is -0.860. The third-order valence-electron chi connectivity index (χ3n) is 5.10. The van der Waals surface area contributed by atoms with Crippen LogP contribution in [0.15, 0.2) is 11.6 Å². The Balaban J connectivity index is 0.000000295. The zero-order valence-corrected chi connectivity index (χ0v) is 14.5. The normalized spacial score (nSPS) is 33.0. The van der Waals surface area contributed by atoms with Crippen molar-refractivity contribution >= 4 is 0 Å². The van der Waals surface area contributed by atoms with E-state index in [0.717, 1.165) is 18.4 Å². The van der Waals surface area contributed by atoms with Crippen LogP contribution in [-0.4, -0.2) is 41.4 Å². The molecule has 0 aromatic heterocycles. The Morgan fingerprint density at radius 1 is 1.32 bits per heavy atom. The molecule has 2 unspecified atom stereocenters. The monoisotopic (exact) mass is 310 g/mol. The molecule has 2 fully saturated rings. The summed E-state index contributed by atoms with van der Waals surface area (Å²) in [5.41, 5.74) is -0.0368. The van der Waals surface area contributed by atoms with Crippen LogP contribution in [-0.2, 0) is 9.47 Å². The van der Waals surface area contributed by atoms with E-state index < -0.39 is 11.4 Å². The van der Waals surface area contributed by atoms with Crippen molar-refractivity contribution in [3.63, 3.8) is 0 Å². The lowest BCUT2D eigenvalue weighted by atomic mass is 9.59. The molecule has 1 heterocycles. The number of allylic oxidation sites excluding steroid dienone is 1. The average Bonchev–Trinajstić information content (AvgIpc) is 2.85. The zero-order chi connectivity index (χ0) is 17.0. The first-order chi connectivity index (χ1) is 10.1. The van der Waals surface area contributed by atoms with Crippen LogP contribution in [0.25, 0.3) is 0 Å². The minimum absolute atomic E-state index is 0.0377. The summed E-state index contributed by atoms with van der Waals surface area (Å²) < 4.78 is 11.5. The fraction of sp³-hybridized carbons (Fsp3) is 0.778. The predicted molar refractivity (Wildman–Crippen MR) is 87.1 cm³/mol. The van der Waals surface area contributed by atoms with Crippen LogP contribution in [0.1, 0.15) is 47.5 Å². The maximum Gasteiger partial charge on any atom is 0.169 e. The standard InChI is InChI=1S/C12H22O3.C6H8O/c1-9-7-12(14-5-6-15-12)8-10(2,3)11(9,4)13;1-3-6(2)4-5-7/h9,13H,5-8H2,1-4H3;1,4,7H,5H2,2H3/b;6-4-. The molecular formula is C18H30O4. The van der Waals surface area contributed by atoms with Crippen molar-refractivity contribution in [3.8, 4) is 12.3 Å². The molecule has 0 aromatic rings. The van der Waals surface area contributed by atoms with Gasteiger partial charge in [0.1, 0.15) is 0 Å². The number of hydrogen-bond donors (Lipinski definition) is 2. The second kappa shape index (κ2) is 7.14. The van der Waals surface area contributed by atoms with E-state index in [9.17, 15) is 5.11 Å². The van der Waals surface area contributed by atoms with Crippen molar-refractivity contribution in [2.45, 2.75) is 58.8 Å². The minimum Gasteiger partial charge on any atom is -0.392 e. The second-order valence-corrected chi connectivity index (χ2v) is 7.14. The van der Waals surface area contributed by atoms with E-state index in [1.54, 1.807) is 13.0 Å². The van der Waals surface area contributed by atoms with Crippen molar-refractivity contribution in [2.24, 2.45) is 11.3 Å². The van der Waals surface area contributed by atoms with Crippen molar-refractivity contribution in [3.05, 3.63) is 11.6 Å². The lowest BCUT2D eigenvalue weighted by molar-refractivity contribution is -0.258. The Bertz CT molecular complexity index is 436. The number of aliphatic hydroxyl groups excluding tert-OH is 1. The molecule has 1 aliphatic heterocycles. The molecule has 0 aromatic carbocycles. The summed E-state index contributed by atoms with van der Waals surface area (Å²) in [6.45, 7) is 11.4. The summed E-state index contributed by atoms with van der Waals surface area (Å²) >= 11 is 0. The molecule has 4 nitrogen and oxygen atoms in total. The van der Waals surface area contributed by atoms with Gasteiger partial charge in [-0.1, -0.05) is 26.7 Å². The highest BCUT2D eigenvalue weighted by molar-refractivity contribution is 5.22. The molecular weight excluding hydrogens is 280 g/mol. The third kappa shape index (κ3) is 4.11. The van der Waals surface area contributed by atoms with Crippen molar-refractivity contribution in [1.82, 2.24) is 0 Å². The summed E-state index contributed by atoms with van der Waals surface area (Å²) in [5.74, 6) is 2.14. The van der Waals surface area contributed by atoms with Gasteiger partial charge >= 0.3 is 0 Å². The Kier molecular flexibility index (Phi) is 6.23. The highest BCUT2D eigenvalue weighted by atomic mass is 16.7. The van der Waals surface area contributed by atoms with Gasteiger partial charge in [0.2, 0.25) is 0 Å². The molecule has 1 saturated heterocycles. The smallest absolute Gasteiger partial charge is 0.169 e. The fourth-order valence-electron chi connectivity index (χ4n) is 3.17. The topological polar surface area (TPSA) is 58.9 Å². The Morgan fingerprint density at radius 3 is 2.23 bits per heavy atom. The van der Waals surface area contributed by atoms with Crippen LogP contribution in [0.5, 0.6) is 0 Å². The number of terminal acetylenes is 1. The van der Waals surface area contributed by atoms with Crippen LogP contribution in [0.4, 0.5) is 0 Å². The lowest BCUT2D eigenvalue weighted by Gasteiger charge is -2.53. The van der Waals surface area contributed by atoms with Crippen molar-refractivity contribution in [1.29, 1.82) is 0 Å². The van der Waals surface area contributed by atoms with Crippen LogP contribution in [0.2, 0.25) is 0 Å². The molecule has 0 bridgehead atoms. The number of hydrogen-bond acceptors (Lipinski definition) is 4. The van der Waals surface area contributed by atoms with Gasteiger partial charge < -0.3 is 19.7 Å². The van der Waals surface area contributed by atoms with Crippen molar-refractivity contribution in [2.75, 3.05) is 19.8 Å². The molecule has 2 N–H and O–H groups in total. The Morgan fingerprint density at radius 2 is 1.86 bits per heavy atom. The van der Waals surface area contributed by atoms with E-state index in [1.165, 1.54) is 0 Å². The molecule has 2 rings (SSSR count). The molecule has 126 valence electrons. The van der Waals surface area contributed by atoms with Crippen LogP contribution >= 0.6 is 0 Å². The van der Waals surface area contributed by atoms with E-state index in [2.05, 4.69) is 26.7 Å². The van der Waals surface area contributed by atoms with Crippen LogP contribution < -0.4 is 0 Å². The van der Waals surface area contributed by atoms with Crippen LogP contribution in [0.3, 0.4) is 0 Å². The first kappa shape index (κ1) is 19.2. The summed E-state index contributed by atoms with van der Waals surface area (Å²) in [6, 6.07) is 0. The molecule has 1 aliphatic carbocycles. The molecule has 1 saturated carbocycles. The van der Waals surface area contributed by atoms with Gasteiger partial charge in [-0.2, -0.15) is 0 Å². The van der Waals surface area contributed by atoms with Gasteiger partial charge in [-0.05, 0) is 36.8 Å². The molecule has 22 heavy (non-hydrogen) atoms. The summed E-state index contributed by atoms with van der Waals surface area (Å²) in [5, 5.41) is 18.7. The SMILES string of the molecule is C#C/C(C)=C\CO.CC1CC2(CC(C)(C)C1(C)O)OCCO2. The zero-order valence-electron chi connectivity index (χ0n) is 14.5. The number of rotatable bonds is 1. The molecule has 0 amide bonds. The number of aliphatic hydroxyl groups is 2. The Labute approximate surface area is 134 Å². The van der Waals surface area contributed by atoms with Gasteiger partial charge in [-0.25, -0.2) is 0 Å². The van der Waals surface area contributed by atoms with E-state index in [-0.39, 0.29) is 17.9 Å². The summed E-state index contributed by atoms with van der Waals surface area (Å²) in [4.78, 5) is 0. The van der Waals surface area contributed by atoms with Gasteiger partial charge in [0.15, 0.2) is 5.79 Å². The first-order valence-corrected chi connectivity index (χ1v) is 7.85. The van der Waals surface area contributed by atoms with Crippen LogP contribution in [0, 0.1) is 23.7 Å². The fourth-order valence-corrected chi connectivity index (χ4v) is 3.17. The van der Waals surface area contributed by atoms with Crippen molar-refractivity contribution < 1.29 is 19.7 Å². The number of ether oxygens (including phenoxy) is 2. The minimum atomic E-state index is -0.645. The van der Waals surface area contributed by atoms with E-state index in [1.807, 2.05) is 6.92 Å². The predicted octanol–water partition coefficient (Wildman–Crippen LogP) is 2.49. The van der Waals surface area contributed by atoms with Gasteiger partial charge in [-0.15, -0.1) is 6.42 Å². The van der Waals surface area contributed by atoms with E-state index in [4.69, 9.17) is 21.0 Å². The van der Waals surface area contributed by atoms with Gasteiger partial charge in [0, 0.05) is 12.8 Å². The second-order valence-electron chi connectivity index (χ2n) is 7.14. The summed E-state index contributed by atoms with van der Waals surface area (Å²) in [7, 11) is 0. The molecule has 1 spiro atoms. The molecule has 0 radical (unpaired) electrons. The highest BCUT2D eigenvalue weighted by Gasteiger charge is 2.57. The first-order valence-electron chi connectivity index (χ1n) is 7.85. The quantitative estimate of drug-likeness (QED) is 0.731. The lowest BCUT2D eigenvalue weighted by Crippen LogP contribution is -2.58. The maximum atomic E-state index is 10.5. The third-order valence-corrected chi connectivity index (χ3v) is 5.10. The maximum absolute atomic E-state index is 10.5. The molecule has 2 atom stereocenters. The van der Waals surface area contributed by atoms with E-state index in [0.29, 0.717) is 13.2 Å². The van der Waals surface area contributed by atoms with Gasteiger partial charge in [0.05, 0.1) is 25.4 Å². The van der Waals surface area contributed by atoms with E-state index >= 15 is 0 Å². The largest absolute Gasteiger partial charge is 0.392 e. The van der Waals surface area contributed by atoms with Gasteiger partial charge in [0.25, 0.3) is 0 Å². The summed E-state index contributed by atoms with van der Waals surface area (Å²) in [6.07, 6.45) is 8.08. The highest BCUT2D eigenvalue weighted by Crippen LogP contribution is 2.53. The molecule has 4 heteroatoms. The molecule has 2 aliphatic rings. The van der Waals surface area contributed by atoms with Gasteiger partial charge in [-0.3, -0.25) is 0 Å². The average molecular weight is 310 g/mol.